The summed E-state index contributed by atoms with van der Waals surface area (Å²) in [7, 11) is 4.19. The number of nitrogens with zero attached hydrogens (tertiary/aromatic N) is 1. The molecule has 2 fully saturated rings. The zero-order valence-corrected chi connectivity index (χ0v) is 18.8. The van der Waals surface area contributed by atoms with Crippen molar-refractivity contribution in [3.8, 4) is 5.75 Å². The maximum atomic E-state index is 10.00. The molecule has 2 saturated carbocycles. The van der Waals surface area contributed by atoms with Gasteiger partial charge in [-0.1, -0.05) is 38.0 Å². The predicted molar refractivity (Wildman–Crippen MR) is 119 cm³/mol. The van der Waals surface area contributed by atoms with Crippen molar-refractivity contribution in [2.45, 2.75) is 58.3 Å². The molecule has 1 N–H and O–H groups in total. The Morgan fingerprint density at radius 1 is 1.28 bits per heavy atom. The second kappa shape index (κ2) is 8.43. The molecule has 4 rings (SSSR count). The molecular formula is C26H39NO2. The number of phenols is 1. The van der Waals surface area contributed by atoms with Crippen molar-refractivity contribution in [2.24, 2.45) is 23.2 Å². The molecule has 1 aromatic rings. The molecule has 0 heterocycles. The summed E-state index contributed by atoms with van der Waals surface area (Å²) in [6.45, 7) is 7.47. The molecule has 0 aliphatic heterocycles. The molecule has 0 radical (unpaired) electrons. The maximum absolute atomic E-state index is 10.00. The fourth-order valence-corrected chi connectivity index (χ4v) is 6.86. The third-order valence-electron chi connectivity index (χ3n) is 8.39. The molecule has 1 aromatic carbocycles. The number of allylic oxidation sites excluding steroid dienone is 1. The van der Waals surface area contributed by atoms with E-state index in [1.165, 1.54) is 43.2 Å². The fourth-order valence-electron chi connectivity index (χ4n) is 6.86. The largest absolute Gasteiger partial charge is 0.508 e. The van der Waals surface area contributed by atoms with Gasteiger partial charge >= 0.3 is 0 Å². The van der Waals surface area contributed by atoms with Crippen LogP contribution < -0.4 is 0 Å². The Morgan fingerprint density at radius 3 is 2.86 bits per heavy atom. The van der Waals surface area contributed by atoms with E-state index in [1.807, 2.05) is 12.1 Å². The van der Waals surface area contributed by atoms with Crippen LogP contribution in [-0.4, -0.2) is 43.9 Å². The van der Waals surface area contributed by atoms with E-state index in [4.69, 9.17) is 4.74 Å². The number of fused-ring (bicyclic) bond motifs is 5. The first-order valence-electron chi connectivity index (χ1n) is 11.7. The van der Waals surface area contributed by atoms with Crippen LogP contribution in [0.3, 0.4) is 0 Å². The van der Waals surface area contributed by atoms with E-state index >= 15 is 0 Å². The number of likely N-dealkylation sites (N-methyl/N-ethyl adjacent to an activating group) is 1. The summed E-state index contributed by atoms with van der Waals surface area (Å²) in [5.74, 6) is 3.43. The van der Waals surface area contributed by atoms with Gasteiger partial charge in [0.25, 0.3) is 0 Å². The van der Waals surface area contributed by atoms with Crippen LogP contribution in [-0.2, 0) is 11.2 Å². The molecule has 0 aromatic heterocycles. The standard InChI is InChI=1S/C26H39NO2/c1-5-18-16-19-17-21(28)7-8-22(19)23-10-12-26(2)20(6-9-24(26)25(18)23)11-14-29-15-13-27(3)4/h7-8,11,17-18,23-25,28H,5-6,9-10,12-16H2,1-4H3/b20-11+. The van der Waals surface area contributed by atoms with E-state index in [2.05, 4.69) is 45.0 Å². The van der Waals surface area contributed by atoms with E-state index < -0.39 is 0 Å². The number of hydrogen-bond acceptors (Lipinski definition) is 3. The summed E-state index contributed by atoms with van der Waals surface area (Å²) in [6, 6.07) is 6.16. The van der Waals surface area contributed by atoms with Gasteiger partial charge in [0.2, 0.25) is 0 Å². The molecule has 0 bridgehead atoms. The van der Waals surface area contributed by atoms with E-state index in [9.17, 15) is 5.11 Å². The summed E-state index contributed by atoms with van der Waals surface area (Å²) in [6.07, 6.45) is 9.97. The first-order valence-corrected chi connectivity index (χ1v) is 11.7. The lowest BCUT2D eigenvalue weighted by atomic mass is 9.52. The smallest absolute Gasteiger partial charge is 0.115 e. The van der Waals surface area contributed by atoms with Crippen LogP contribution in [0, 0.1) is 23.2 Å². The number of aromatic hydroxyl groups is 1. The second-order valence-corrected chi connectivity index (χ2v) is 10.1. The topological polar surface area (TPSA) is 32.7 Å². The minimum atomic E-state index is 0.355. The van der Waals surface area contributed by atoms with Gasteiger partial charge in [-0.3, -0.25) is 0 Å². The lowest BCUT2D eigenvalue weighted by molar-refractivity contribution is 0.0409. The molecule has 0 saturated heterocycles. The minimum Gasteiger partial charge on any atom is -0.508 e. The Balaban J connectivity index is 1.53. The number of phenolic OH excluding ortho intramolecular Hbond substituents is 1. The van der Waals surface area contributed by atoms with E-state index in [0.29, 0.717) is 17.1 Å². The highest BCUT2D eigenvalue weighted by atomic mass is 16.5. The molecular weight excluding hydrogens is 358 g/mol. The van der Waals surface area contributed by atoms with Crippen LogP contribution in [0.1, 0.15) is 63.0 Å². The number of rotatable bonds is 6. The average Bonchev–Trinajstić information content (AvgIpc) is 3.02. The SMILES string of the molecule is CCC1Cc2cc(O)ccc2C2CCC3(C)/C(=C/COCCN(C)C)CCC3C12. The van der Waals surface area contributed by atoms with Gasteiger partial charge in [-0.2, -0.15) is 0 Å². The van der Waals surface area contributed by atoms with E-state index in [-0.39, 0.29) is 0 Å². The number of ether oxygens (including phenoxy) is 1. The lowest BCUT2D eigenvalue weighted by Crippen LogP contribution is -2.44. The minimum absolute atomic E-state index is 0.355. The van der Waals surface area contributed by atoms with Gasteiger partial charge in [0.15, 0.2) is 0 Å². The van der Waals surface area contributed by atoms with Gasteiger partial charge in [-0.15, -0.1) is 0 Å². The van der Waals surface area contributed by atoms with Crippen molar-refractivity contribution >= 4 is 0 Å². The molecule has 3 nitrogen and oxygen atoms in total. The molecule has 3 heteroatoms. The first-order chi connectivity index (χ1) is 13.9. The molecule has 5 atom stereocenters. The Morgan fingerprint density at radius 2 is 2.10 bits per heavy atom. The van der Waals surface area contributed by atoms with Crippen molar-refractivity contribution in [3.05, 3.63) is 41.0 Å². The number of benzene rings is 1. The van der Waals surface area contributed by atoms with Crippen LogP contribution in [0.4, 0.5) is 0 Å². The quantitative estimate of drug-likeness (QED) is 0.516. The van der Waals surface area contributed by atoms with Gasteiger partial charge in [-0.25, -0.2) is 0 Å². The van der Waals surface area contributed by atoms with E-state index in [1.54, 1.807) is 5.57 Å². The van der Waals surface area contributed by atoms with Gasteiger partial charge in [0, 0.05) is 6.54 Å². The first kappa shape index (κ1) is 20.9. The van der Waals surface area contributed by atoms with Crippen LogP contribution in [0.25, 0.3) is 0 Å². The Kier molecular flexibility index (Phi) is 6.09. The van der Waals surface area contributed by atoms with Gasteiger partial charge in [0.05, 0.1) is 13.2 Å². The van der Waals surface area contributed by atoms with Crippen LogP contribution in [0.15, 0.2) is 29.8 Å². The Labute approximate surface area is 177 Å². The highest BCUT2D eigenvalue weighted by molar-refractivity contribution is 5.41. The summed E-state index contributed by atoms with van der Waals surface area (Å²) < 4.78 is 5.90. The molecule has 0 spiro atoms. The van der Waals surface area contributed by atoms with Crippen LogP contribution in [0.2, 0.25) is 0 Å². The van der Waals surface area contributed by atoms with Crippen molar-refractivity contribution < 1.29 is 9.84 Å². The predicted octanol–water partition coefficient (Wildman–Crippen LogP) is 5.39. The molecule has 160 valence electrons. The highest BCUT2D eigenvalue weighted by Crippen LogP contribution is 2.64. The molecule has 0 amide bonds. The summed E-state index contributed by atoms with van der Waals surface area (Å²) in [5, 5.41) is 10.00. The van der Waals surface area contributed by atoms with E-state index in [0.717, 1.165) is 43.9 Å². The van der Waals surface area contributed by atoms with Crippen molar-refractivity contribution in [1.29, 1.82) is 0 Å². The summed E-state index contributed by atoms with van der Waals surface area (Å²) in [5.41, 5.74) is 4.96. The maximum Gasteiger partial charge on any atom is 0.115 e. The van der Waals surface area contributed by atoms with Crippen molar-refractivity contribution in [1.82, 2.24) is 4.90 Å². The molecule has 5 unspecified atom stereocenters. The van der Waals surface area contributed by atoms with Crippen molar-refractivity contribution in [3.63, 3.8) is 0 Å². The zero-order valence-electron chi connectivity index (χ0n) is 18.8. The number of hydrogen-bond donors (Lipinski definition) is 1. The summed E-state index contributed by atoms with van der Waals surface area (Å²) >= 11 is 0. The Bertz CT molecular complexity index is 755. The second-order valence-electron chi connectivity index (χ2n) is 10.1. The Hall–Kier alpha value is -1.32. The molecule has 29 heavy (non-hydrogen) atoms. The third-order valence-corrected chi connectivity index (χ3v) is 8.39. The summed E-state index contributed by atoms with van der Waals surface area (Å²) in [4.78, 5) is 2.17. The van der Waals surface area contributed by atoms with Crippen LogP contribution in [0.5, 0.6) is 5.75 Å². The van der Waals surface area contributed by atoms with Gasteiger partial charge in [0.1, 0.15) is 5.75 Å². The normalized spacial score (nSPS) is 34.9. The van der Waals surface area contributed by atoms with Crippen LogP contribution >= 0.6 is 0 Å². The van der Waals surface area contributed by atoms with Gasteiger partial charge in [-0.05, 0) is 98.5 Å². The molecule has 3 aliphatic carbocycles. The van der Waals surface area contributed by atoms with Crippen molar-refractivity contribution in [2.75, 3.05) is 33.9 Å². The highest BCUT2D eigenvalue weighted by Gasteiger charge is 2.54. The zero-order chi connectivity index (χ0) is 20.6. The average molecular weight is 398 g/mol. The lowest BCUT2D eigenvalue weighted by Gasteiger charge is -2.52. The molecule has 3 aliphatic rings. The third kappa shape index (κ3) is 3.88. The fraction of sp³-hybridized carbons (Fsp3) is 0.692. The monoisotopic (exact) mass is 397 g/mol. The van der Waals surface area contributed by atoms with Gasteiger partial charge < -0.3 is 14.7 Å².